The second-order valence-electron chi connectivity index (χ2n) is 7.96. The Morgan fingerprint density at radius 2 is 1.77 bits per heavy atom. The zero-order valence-corrected chi connectivity index (χ0v) is 14.0. The van der Waals surface area contributed by atoms with Gasteiger partial charge in [-0.1, -0.05) is 13.8 Å². The second kappa shape index (κ2) is 5.86. The molecule has 0 aromatic carbocycles. The summed E-state index contributed by atoms with van der Waals surface area (Å²) in [7, 11) is 0. The van der Waals surface area contributed by atoms with Gasteiger partial charge in [0.2, 0.25) is 0 Å². The molecule has 0 spiro atoms. The highest BCUT2D eigenvalue weighted by atomic mass is 16.6. The molecular formula is C18H28O4. The molecule has 3 rings (SSSR count). The van der Waals surface area contributed by atoms with E-state index < -0.39 is 5.97 Å². The largest absolute Gasteiger partial charge is 0.457 e. The van der Waals surface area contributed by atoms with E-state index in [1.807, 2.05) is 6.92 Å². The van der Waals surface area contributed by atoms with Crippen LogP contribution in [0.2, 0.25) is 0 Å². The fourth-order valence-corrected chi connectivity index (χ4v) is 4.98. The molecule has 0 N–H and O–H groups in total. The summed E-state index contributed by atoms with van der Waals surface area (Å²) in [5.41, 5.74) is -0.347. The van der Waals surface area contributed by atoms with Crippen molar-refractivity contribution < 1.29 is 19.1 Å². The number of ether oxygens (including phenoxy) is 2. The van der Waals surface area contributed by atoms with Gasteiger partial charge in [-0.05, 0) is 69.1 Å². The molecule has 0 aliphatic heterocycles. The van der Waals surface area contributed by atoms with Gasteiger partial charge >= 0.3 is 11.9 Å². The van der Waals surface area contributed by atoms with Gasteiger partial charge < -0.3 is 9.47 Å². The minimum Gasteiger partial charge on any atom is -0.457 e. The molecule has 2 bridgehead atoms. The fourth-order valence-electron chi connectivity index (χ4n) is 4.98. The van der Waals surface area contributed by atoms with Gasteiger partial charge in [0.05, 0.1) is 5.92 Å². The van der Waals surface area contributed by atoms with Gasteiger partial charge in [-0.15, -0.1) is 0 Å². The minimum atomic E-state index is -0.401. The lowest BCUT2D eigenvalue weighted by Gasteiger charge is -2.30. The average Bonchev–Trinajstić information content (AvgIpc) is 3.15. The average molecular weight is 308 g/mol. The lowest BCUT2D eigenvalue weighted by Crippen LogP contribution is -2.34. The molecule has 0 aromatic rings. The third kappa shape index (κ3) is 2.89. The third-order valence-electron chi connectivity index (χ3n) is 6.55. The van der Waals surface area contributed by atoms with Gasteiger partial charge in [-0.3, -0.25) is 4.79 Å². The van der Waals surface area contributed by atoms with E-state index >= 15 is 0 Å². The zero-order chi connectivity index (χ0) is 15.9. The van der Waals surface area contributed by atoms with Crippen molar-refractivity contribution in [2.75, 3.05) is 6.61 Å². The highest BCUT2D eigenvalue weighted by molar-refractivity contribution is 5.78. The molecule has 0 saturated heterocycles. The highest BCUT2D eigenvalue weighted by Crippen LogP contribution is 2.55. The van der Waals surface area contributed by atoms with Crippen LogP contribution < -0.4 is 0 Å². The van der Waals surface area contributed by atoms with Crippen molar-refractivity contribution in [3.8, 4) is 0 Å². The minimum absolute atomic E-state index is 0.00827. The topological polar surface area (TPSA) is 52.6 Å². The highest BCUT2D eigenvalue weighted by Gasteiger charge is 2.51. The summed E-state index contributed by atoms with van der Waals surface area (Å²) in [6.07, 6.45) is 6.10. The molecule has 3 fully saturated rings. The molecular weight excluding hydrogens is 280 g/mol. The van der Waals surface area contributed by atoms with Crippen LogP contribution >= 0.6 is 0 Å². The van der Waals surface area contributed by atoms with Crippen LogP contribution in [-0.4, -0.2) is 24.1 Å². The van der Waals surface area contributed by atoms with Crippen LogP contribution in [0.5, 0.6) is 0 Å². The Morgan fingerprint density at radius 3 is 2.36 bits per heavy atom. The molecule has 0 aromatic heterocycles. The molecule has 4 heteroatoms. The van der Waals surface area contributed by atoms with Crippen molar-refractivity contribution in [1.29, 1.82) is 0 Å². The summed E-state index contributed by atoms with van der Waals surface area (Å²) in [6, 6.07) is 0. The van der Waals surface area contributed by atoms with E-state index in [9.17, 15) is 9.59 Å². The van der Waals surface area contributed by atoms with Crippen LogP contribution in [-0.2, 0) is 19.1 Å². The zero-order valence-electron chi connectivity index (χ0n) is 14.0. The number of fused-ring (bicyclic) bond motifs is 2. The van der Waals surface area contributed by atoms with Gasteiger partial charge in [-0.25, -0.2) is 4.79 Å². The number of carbonyl (C=O) groups excluding carboxylic acids is 2. The first-order valence-electron chi connectivity index (χ1n) is 8.78. The quantitative estimate of drug-likeness (QED) is 0.748. The van der Waals surface area contributed by atoms with Crippen LogP contribution in [0, 0.1) is 29.6 Å². The summed E-state index contributed by atoms with van der Waals surface area (Å²) in [5.74, 6) is 1.79. The smallest absolute Gasteiger partial charge is 0.344 e. The van der Waals surface area contributed by atoms with E-state index in [0.29, 0.717) is 23.7 Å². The first-order valence-corrected chi connectivity index (χ1v) is 8.78. The van der Waals surface area contributed by atoms with E-state index in [4.69, 9.17) is 9.47 Å². The van der Waals surface area contributed by atoms with Crippen molar-refractivity contribution in [2.24, 2.45) is 29.6 Å². The molecule has 3 aliphatic carbocycles. The molecule has 5 unspecified atom stereocenters. The monoisotopic (exact) mass is 308 g/mol. The standard InChI is InChI=1S/C18H28O4/c1-11-12(2)14-8-13(11)9-15(14)17(20)21-10-16(19)22-18(3)6-4-5-7-18/h11-15H,4-10H2,1-3H3. The van der Waals surface area contributed by atoms with E-state index in [0.717, 1.165) is 38.5 Å². The van der Waals surface area contributed by atoms with Crippen molar-refractivity contribution in [3.05, 3.63) is 0 Å². The molecule has 0 heterocycles. The van der Waals surface area contributed by atoms with Gasteiger partial charge in [0.1, 0.15) is 5.60 Å². The maximum absolute atomic E-state index is 12.3. The Bertz CT molecular complexity index is 450. The molecule has 0 radical (unpaired) electrons. The summed E-state index contributed by atoms with van der Waals surface area (Å²) in [6.45, 7) is 6.27. The Morgan fingerprint density at radius 1 is 1.09 bits per heavy atom. The summed E-state index contributed by atoms with van der Waals surface area (Å²) in [4.78, 5) is 24.2. The van der Waals surface area contributed by atoms with Gasteiger partial charge in [0, 0.05) is 0 Å². The molecule has 3 saturated carbocycles. The van der Waals surface area contributed by atoms with Crippen LogP contribution in [0.1, 0.15) is 59.3 Å². The molecule has 4 nitrogen and oxygen atoms in total. The van der Waals surface area contributed by atoms with Crippen LogP contribution in [0.15, 0.2) is 0 Å². The fraction of sp³-hybridized carbons (Fsp3) is 0.889. The van der Waals surface area contributed by atoms with Crippen LogP contribution in [0.25, 0.3) is 0 Å². The van der Waals surface area contributed by atoms with E-state index in [-0.39, 0.29) is 24.1 Å². The molecule has 3 aliphatic rings. The van der Waals surface area contributed by atoms with Crippen LogP contribution in [0.3, 0.4) is 0 Å². The maximum atomic E-state index is 12.3. The molecule has 124 valence electrons. The van der Waals surface area contributed by atoms with Crippen molar-refractivity contribution in [2.45, 2.75) is 64.9 Å². The Hall–Kier alpha value is -1.06. The Kier molecular flexibility index (Phi) is 4.21. The van der Waals surface area contributed by atoms with Gasteiger partial charge in [0.25, 0.3) is 0 Å². The SMILES string of the molecule is CC1C2CC(C(=O)OCC(=O)OC3(C)CCCC3)C(C2)C1C. The normalized spacial score (nSPS) is 39.0. The first kappa shape index (κ1) is 15.8. The number of esters is 2. The predicted molar refractivity (Wildman–Crippen MR) is 82.0 cm³/mol. The number of hydrogen-bond acceptors (Lipinski definition) is 4. The van der Waals surface area contributed by atoms with Crippen molar-refractivity contribution >= 4 is 11.9 Å². The number of carbonyl (C=O) groups is 2. The van der Waals surface area contributed by atoms with Gasteiger partial charge in [0.15, 0.2) is 6.61 Å². The van der Waals surface area contributed by atoms with Gasteiger partial charge in [-0.2, -0.15) is 0 Å². The summed E-state index contributed by atoms with van der Waals surface area (Å²) >= 11 is 0. The number of rotatable bonds is 4. The Balaban J connectivity index is 1.46. The summed E-state index contributed by atoms with van der Waals surface area (Å²) < 4.78 is 10.8. The van der Waals surface area contributed by atoms with E-state index in [1.54, 1.807) is 0 Å². The second-order valence-corrected chi connectivity index (χ2v) is 7.96. The van der Waals surface area contributed by atoms with Crippen LogP contribution in [0.4, 0.5) is 0 Å². The van der Waals surface area contributed by atoms with Crippen molar-refractivity contribution in [1.82, 2.24) is 0 Å². The maximum Gasteiger partial charge on any atom is 0.344 e. The lowest BCUT2D eigenvalue weighted by atomic mass is 9.76. The Labute approximate surface area is 132 Å². The first-order chi connectivity index (χ1) is 10.4. The molecule has 5 atom stereocenters. The van der Waals surface area contributed by atoms with E-state index in [2.05, 4.69) is 13.8 Å². The molecule has 22 heavy (non-hydrogen) atoms. The predicted octanol–water partition coefficient (Wildman–Crippen LogP) is 3.33. The number of hydrogen-bond donors (Lipinski definition) is 0. The third-order valence-corrected chi connectivity index (χ3v) is 6.55. The van der Waals surface area contributed by atoms with E-state index in [1.165, 1.54) is 0 Å². The van der Waals surface area contributed by atoms with Crippen molar-refractivity contribution in [3.63, 3.8) is 0 Å². The summed E-state index contributed by atoms with van der Waals surface area (Å²) in [5, 5.41) is 0. The lowest BCUT2D eigenvalue weighted by molar-refractivity contribution is -0.171. The molecule has 0 amide bonds.